The summed E-state index contributed by atoms with van der Waals surface area (Å²) in [5.74, 6) is -0.424. The van der Waals surface area contributed by atoms with Crippen LogP contribution in [0.1, 0.15) is 101 Å². The van der Waals surface area contributed by atoms with Gasteiger partial charge >= 0.3 is 12.2 Å². The normalized spacial score (nSPS) is 18.7. The summed E-state index contributed by atoms with van der Waals surface area (Å²) in [5, 5.41) is 32.2. The lowest BCUT2D eigenvalue weighted by Crippen LogP contribution is -2.42. The minimum absolute atomic E-state index is 0.0422. The van der Waals surface area contributed by atoms with Gasteiger partial charge < -0.3 is 29.9 Å². The predicted octanol–water partition coefficient (Wildman–Crippen LogP) is 5.03. The molecule has 60 heavy (non-hydrogen) atoms. The van der Waals surface area contributed by atoms with Crippen LogP contribution in [0, 0.1) is 34.5 Å². The van der Waals surface area contributed by atoms with E-state index in [1.807, 2.05) is 55.4 Å². The molecular weight excluding hydrogens is 769 g/mol. The Labute approximate surface area is 349 Å². The number of rotatable bonds is 8. The summed E-state index contributed by atoms with van der Waals surface area (Å²) in [6, 6.07) is 17.8. The Balaban J connectivity index is 0.000000228. The lowest BCUT2D eigenvalue weighted by atomic mass is 10.0. The number of benzene rings is 2. The smallest absolute Gasteiger partial charge is 0.410 e. The van der Waals surface area contributed by atoms with E-state index >= 15 is 0 Å². The second kappa shape index (κ2) is 18.8. The highest BCUT2D eigenvalue weighted by Crippen LogP contribution is 2.27. The first-order valence-electron chi connectivity index (χ1n) is 19.8. The molecule has 0 unspecified atom stereocenters. The third kappa shape index (κ3) is 11.6. The number of amides is 4. The van der Waals surface area contributed by atoms with E-state index in [1.54, 1.807) is 58.3 Å². The van der Waals surface area contributed by atoms with Gasteiger partial charge in [0.2, 0.25) is 11.6 Å². The second-order valence-electron chi connectivity index (χ2n) is 16.7. The molecule has 2 N–H and O–H groups in total. The van der Waals surface area contributed by atoms with Crippen molar-refractivity contribution in [2.24, 2.45) is 11.8 Å². The molecule has 4 atom stereocenters. The van der Waals surface area contributed by atoms with Gasteiger partial charge in [0.15, 0.2) is 0 Å². The van der Waals surface area contributed by atoms with Crippen LogP contribution in [-0.2, 0) is 9.47 Å². The van der Waals surface area contributed by atoms with Crippen molar-refractivity contribution in [1.29, 1.82) is 10.5 Å². The van der Waals surface area contributed by atoms with E-state index in [4.69, 9.17) is 20.0 Å². The summed E-state index contributed by atoms with van der Waals surface area (Å²) in [5.41, 5.74) is 1.22. The van der Waals surface area contributed by atoms with Crippen molar-refractivity contribution in [3.8, 4) is 23.5 Å². The molecule has 0 spiro atoms. The molecule has 4 heterocycles. The zero-order valence-corrected chi connectivity index (χ0v) is 35.2. The average molecular weight is 821 g/mol. The van der Waals surface area contributed by atoms with Crippen molar-refractivity contribution >= 4 is 24.0 Å². The molecule has 18 nitrogen and oxygen atoms in total. The maximum absolute atomic E-state index is 12.5. The number of nitriles is 2. The molecule has 0 radical (unpaired) electrons. The summed E-state index contributed by atoms with van der Waals surface area (Å²) >= 11 is 0. The number of nitrogens with zero attached hydrogens (tertiary/aromatic N) is 10. The fraction of sp³-hybridized carbons (Fsp3) is 0.476. The van der Waals surface area contributed by atoms with Gasteiger partial charge in [-0.15, -0.1) is 10.2 Å². The third-order valence-corrected chi connectivity index (χ3v) is 10.0. The van der Waals surface area contributed by atoms with Crippen LogP contribution >= 0.6 is 0 Å². The Kier molecular flexibility index (Phi) is 13.9. The number of aromatic nitrogens is 6. The Bertz CT molecular complexity index is 2100. The molecule has 0 aliphatic carbocycles. The maximum atomic E-state index is 12.5. The first-order chi connectivity index (χ1) is 28.3. The van der Waals surface area contributed by atoms with E-state index in [-0.39, 0.29) is 59.6 Å². The molecule has 4 aromatic rings. The van der Waals surface area contributed by atoms with Gasteiger partial charge in [-0.2, -0.15) is 10.5 Å². The molecule has 0 bridgehead atoms. The van der Waals surface area contributed by atoms with Gasteiger partial charge in [-0.1, -0.05) is 12.1 Å². The molecule has 2 aliphatic rings. The summed E-state index contributed by atoms with van der Waals surface area (Å²) in [6.07, 6.45) is 3.78. The number of hydrogen-bond acceptors (Lipinski definition) is 12. The van der Waals surface area contributed by atoms with Crippen molar-refractivity contribution in [1.82, 2.24) is 50.0 Å². The molecule has 2 aliphatic heterocycles. The Morgan fingerprint density at radius 2 is 1.07 bits per heavy atom. The van der Waals surface area contributed by atoms with Gasteiger partial charge in [0, 0.05) is 38.3 Å². The number of ether oxygens (including phenoxy) is 2. The fourth-order valence-corrected chi connectivity index (χ4v) is 6.73. The van der Waals surface area contributed by atoms with Crippen LogP contribution in [0.4, 0.5) is 9.59 Å². The fourth-order valence-electron chi connectivity index (χ4n) is 6.73. The van der Waals surface area contributed by atoms with Crippen LogP contribution in [-0.4, -0.2) is 113 Å². The first-order valence-corrected chi connectivity index (χ1v) is 19.8. The average Bonchev–Trinajstić information content (AvgIpc) is 4.02. The minimum Gasteiger partial charge on any atom is -0.444 e. The Morgan fingerprint density at radius 3 is 1.42 bits per heavy atom. The Hall–Kier alpha value is -6.82. The molecule has 2 aromatic heterocycles. The second-order valence-corrected chi connectivity index (χ2v) is 16.7. The molecule has 6 rings (SSSR count). The van der Waals surface area contributed by atoms with Crippen LogP contribution in [0.25, 0.3) is 11.4 Å². The van der Waals surface area contributed by atoms with Gasteiger partial charge in [-0.25, -0.2) is 28.9 Å². The number of nitrogens with one attached hydrogen (secondary N) is 2. The van der Waals surface area contributed by atoms with Crippen molar-refractivity contribution in [3.05, 3.63) is 84.0 Å². The van der Waals surface area contributed by atoms with E-state index in [2.05, 4.69) is 42.9 Å². The van der Waals surface area contributed by atoms with Gasteiger partial charge in [-0.05, 0) is 116 Å². The SMILES string of the molecule is C[C@@H]1[C@@H](CNC(=O)c2ncn(-c3cccc(C#N)c3)n2)CCN1C(=O)OC(C)(C)C.C[C@@H]1[C@H](CNC(=O)c2ncn(-c3cccc(C#N)c3)n2)CCN1C(=O)OC(C)(C)C. The maximum Gasteiger partial charge on any atom is 0.410 e. The van der Waals surface area contributed by atoms with E-state index < -0.39 is 11.2 Å². The van der Waals surface area contributed by atoms with E-state index in [0.29, 0.717) is 48.7 Å². The van der Waals surface area contributed by atoms with Crippen LogP contribution in [0.5, 0.6) is 0 Å². The monoisotopic (exact) mass is 820 g/mol. The summed E-state index contributed by atoms with van der Waals surface area (Å²) in [6.45, 7) is 17.0. The van der Waals surface area contributed by atoms with Gasteiger partial charge in [0.25, 0.3) is 11.8 Å². The first kappa shape index (κ1) is 44.3. The number of likely N-dealkylation sites (tertiary alicyclic amines) is 2. The lowest BCUT2D eigenvalue weighted by Gasteiger charge is -2.28. The minimum atomic E-state index is -0.541. The molecule has 4 amide bonds. The van der Waals surface area contributed by atoms with Gasteiger partial charge in [0.05, 0.1) is 34.6 Å². The molecule has 0 saturated carbocycles. The number of carbonyl (C=O) groups excluding carboxylic acids is 4. The Morgan fingerprint density at radius 1 is 0.683 bits per heavy atom. The molecule has 2 fully saturated rings. The van der Waals surface area contributed by atoms with E-state index in [1.165, 1.54) is 22.0 Å². The topological polar surface area (TPSA) is 226 Å². The summed E-state index contributed by atoms with van der Waals surface area (Å²) in [4.78, 5) is 61.2. The van der Waals surface area contributed by atoms with Crippen molar-refractivity contribution in [3.63, 3.8) is 0 Å². The van der Waals surface area contributed by atoms with Gasteiger partial charge in [-0.3, -0.25) is 9.59 Å². The molecule has 316 valence electrons. The standard InChI is InChI=1S/2C21H26N6O3/c2*1-14-16(8-9-26(14)20(29)30-21(2,3)4)12-23-19(28)18-24-13-27(25-18)17-7-5-6-15(10-17)11-22/h2*5-7,10,13-14,16H,8-9,12H2,1-4H3,(H,23,28)/t14-,16+;14-,16-/m11/s1. The quantitative estimate of drug-likeness (QED) is 0.239. The third-order valence-electron chi connectivity index (χ3n) is 10.0. The molecular formula is C42H52N12O6. The number of carbonyl (C=O) groups is 4. The zero-order valence-electron chi connectivity index (χ0n) is 35.2. The van der Waals surface area contributed by atoms with E-state index in [0.717, 1.165) is 12.8 Å². The molecule has 2 aromatic carbocycles. The molecule has 2 saturated heterocycles. The highest BCUT2D eigenvalue weighted by Gasteiger charge is 2.37. The highest BCUT2D eigenvalue weighted by atomic mass is 16.6. The van der Waals surface area contributed by atoms with Crippen LogP contribution < -0.4 is 10.6 Å². The predicted molar refractivity (Wildman–Crippen MR) is 218 cm³/mol. The van der Waals surface area contributed by atoms with Crippen molar-refractivity contribution in [2.75, 3.05) is 26.2 Å². The van der Waals surface area contributed by atoms with Crippen LogP contribution in [0.15, 0.2) is 61.2 Å². The highest BCUT2D eigenvalue weighted by molar-refractivity contribution is 5.90. The number of hydrogen-bond donors (Lipinski definition) is 2. The summed E-state index contributed by atoms with van der Waals surface area (Å²) in [7, 11) is 0. The molecule has 18 heteroatoms. The van der Waals surface area contributed by atoms with Crippen LogP contribution in [0.3, 0.4) is 0 Å². The largest absolute Gasteiger partial charge is 0.444 e. The van der Waals surface area contributed by atoms with Crippen molar-refractivity contribution < 1.29 is 28.7 Å². The van der Waals surface area contributed by atoms with Crippen LogP contribution in [0.2, 0.25) is 0 Å². The van der Waals surface area contributed by atoms with E-state index in [9.17, 15) is 19.2 Å². The zero-order chi connectivity index (χ0) is 43.8. The van der Waals surface area contributed by atoms with Crippen molar-refractivity contribution in [2.45, 2.75) is 91.5 Å². The summed E-state index contributed by atoms with van der Waals surface area (Å²) < 4.78 is 13.8. The van der Waals surface area contributed by atoms with Gasteiger partial charge in [0.1, 0.15) is 23.9 Å². The lowest BCUT2D eigenvalue weighted by molar-refractivity contribution is 0.0212.